The van der Waals surface area contributed by atoms with Crippen molar-refractivity contribution in [1.29, 1.82) is 0 Å². The van der Waals surface area contributed by atoms with Crippen LogP contribution in [0.4, 0.5) is 11.4 Å². The zero-order chi connectivity index (χ0) is 15.4. The second-order valence-corrected chi connectivity index (χ2v) is 6.42. The van der Waals surface area contributed by atoms with Crippen molar-refractivity contribution in [3.05, 3.63) is 51.5 Å². The Kier molecular flexibility index (Phi) is 5.65. The Labute approximate surface area is 141 Å². The Morgan fingerprint density at radius 3 is 2.48 bits per heavy atom. The normalized spacial score (nSPS) is 10.4. The van der Waals surface area contributed by atoms with E-state index in [1.54, 1.807) is 30.3 Å². The minimum atomic E-state index is -0.169. The highest BCUT2D eigenvalue weighted by Gasteiger charge is 2.08. The molecule has 0 saturated carbocycles. The van der Waals surface area contributed by atoms with Gasteiger partial charge in [-0.05, 0) is 36.4 Å². The van der Waals surface area contributed by atoms with Gasteiger partial charge in [0.1, 0.15) is 0 Å². The molecule has 2 rings (SSSR count). The largest absolute Gasteiger partial charge is 0.399 e. The molecule has 0 aliphatic rings. The van der Waals surface area contributed by atoms with E-state index in [0.29, 0.717) is 26.4 Å². The average Bonchev–Trinajstić information content (AvgIpc) is 2.43. The van der Waals surface area contributed by atoms with Crippen molar-refractivity contribution >= 4 is 63.8 Å². The first-order valence-corrected chi connectivity index (χ1v) is 8.00. The molecule has 0 aromatic heterocycles. The fourth-order valence-corrected chi connectivity index (χ4v) is 2.87. The molecule has 0 spiro atoms. The molecule has 3 N–H and O–H groups in total. The van der Waals surface area contributed by atoms with Gasteiger partial charge >= 0.3 is 0 Å². The summed E-state index contributed by atoms with van der Waals surface area (Å²) in [5.74, 6) is 0.0660. The molecule has 0 unspecified atom stereocenters. The lowest BCUT2D eigenvalue weighted by Crippen LogP contribution is -2.14. The fourth-order valence-electron chi connectivity index (χ4n) is 1.53. The number of thioether (sulfide) groups is 1. The summed E-state index contributed by atoms with van der Waals surface area (Å²) in [6, 6.07) is 10.2. The van der Waals surface area contributed by atoms with E-state index in [4.69, 9.17) is 40.5 Å². The van der Waals surface area contributed by atoms with Crippen LogP contribution in [0, 0.1) is 0 Å². The summed E-state index contributed by atoms with van der Waals surface area (Å²) in [6.07, 6.45) is 0. The van der Waals surface area contributed by atoms with Crippen LogP contribution < -0.4 is 11.1 Å². The van der Waals surface area contributed by atoms with Gasteiger partial charge in [-0.25, -0.2) is 0 Å². The first-order valence-electron chi connectivity index (χ1n) is 5.88. The maximum atomic E-state index is 11.9. The van der Waals surface area contributed by atoms with Gasteiger partial charge in [-0.2, -0.15) is 0 Å². The molecule has 21 heavy (non-hydrogen) atoms. The summed E-state index contributed by atoms with van der Waals surface area (Å²) in [7, 11) is 0. The van der Waals surface area contributed by atoms with Crippen LogP contribution in [0.5, 0.6) is 0 Å². The molecular weight excluding hydrogens is 351 g/mol. The van der Waals surface area contributed by atoms with Crippen molar-refractivity contribution in [2.24, 2.45) is 0 Å². The Bertz CT molecular complexity index is 679. The number of hydrogen-bond acceptors (Lipinski definition) is 3. The van der Waals surface area contributed by atoms with Gasteiger partial charge in [0, 0.05) is 10.6 Å². The Morgan fingerprint density at radius 2 is 1.81 bits per heavy atom. The highest BCUT2D eigenvalue weighted by molar-refractivity contribution is 8.00. The highest BCUT2D eigenvalue weighted by atomic mass is 35.5. The SMILES string of the molecule is Nc1ccc(NC(=O)CSc2ccc(Cl)c(Cl)c2)c(Cl)c1. The molecular formula is C14H11Cl3N2OS. The van der Waals surface area contributed by atoms with Gasteiger partial charge in [-0.1, -0.05) is 34.8 Å². The number of rotatable bonds is 4. The van der Waals surface area contributed by atoms with Gasteiger partial charge in [0.05, 0.1) is 26.5 Å². The standard InChI is InChI=1S/C14H11Cl3N2OS/c15-10-3-2-9(6-11(10)16)21-7-14(20)19-13-4-1-8(18)5-12(13)17/h1-6H,7,18H2,(H,19,20). The molecule has 0 heterocycles. The zero-order valence-electron chi connectivity index (χ0n) is 10.7. The summed E-state index contributed by atoms with van der Waals surface area (Å²) in [5.41, 5.74) is 6.67. The summed E-state index contributed by atoms with van der Waals surface area (Å²) in [5, 5.41) is 4.08. The molecule has 1 amide bonds. The third kappa shape index (κ3) is 4.71. The quantitative estimate of drug-likeness (QED) is 0.598. The Balaban J connectivity index is 1.94. The Hall–Kier alpha value is -1.07. The fraction of sp³-hybridized carbons (Fsp3) is 0.0714. The van der Waals surface area contributed by atoms with Crippen molar-refractivity contribution < 1.29 is 4.79 Å². The lowest BCUT2D eigenvalue weighted by atomic mass is 10.3. The number of benzene rings is 2. The van der Waals surface area contributed by atoms with Gasteiger partial charge in [0.15, 0.2) is 0 Å². The number of carbonyl (C=O) groups is 1. The second kappa shape index (κ2) is 7.27. The van der Waals surface area contributed by atoms with E-state index >= 15 is 0 Å². The van der Waals surface area contributed by atoms with Gasteiger partial charge in [-0.15, -0.1) is 11.8 Å². The first kappa shape index (κ1) is 16.3. The van der Waals surface area contributed by atoms with Gasteiger partial charge in [0.2, 0.25) is 5.91 Å². The number of amides is 1. The van der Waals surface area contributed by atoms with E-state index in [0.717, 1.165) is 4.90 Å². The predicted molar refractivity (Wildman–Crippen MR) is 91.7 cm³/mol. The average molecular weight is 362 g/mol. The maximum absolute atomic E-state index is 11.9. The molecule has 0 atom stereocenters. The molecule has 0 aliphatic heterocycles. The van der Waals surface area contributed by atoms with Crippen LogP contribution in [-0.4, -0.2) is 11.7 Å². The van der Waals surface area contributed by atoms with Crippen molar-refractivity contribution in [2.75, 3.05) is 16.8 Å². The van der Waals surface area contributed by atoms with Crippen LogP contribution in [0.25, 0.3) is 0 Å². The van der Waals surface area contributed by atoms with Crippen LogP contribution >= 0.6 is 46.6 Å². The molecule has 0 fully saturated rings. The lowest BCUT2D eigenvalue weighted by molar-refractivity contribution is -0.113. The Morgan fingerprint density at radius 1 is 1.05 bits per heavy atom. The third-order valence-electron chi connectivity index (χ3n) is 2.53. The number of carbonyl (C=O) groups excluding carboxylic acids is 1. The van der Waals surface area contributed by atoms with Crippen LogP contribution in [-0.2, 0) is 4.79 Å². The highest BCUT2D eigenvalue weighted by Crippen LogP contribution is 2.28. The summed E-state index contributed by atoms with van der Waals surface area (Å²) in [4.78, 5) is 12.8. The zero-order valence-corrected chi connectivity index (χ0v) is 13.8. The van der Waals surface area contributed by atoms with Crippen LogP contribution in [0.2, 0.25) is 15.1 Å². The molecule has 2 aromatic carbocycles. The molecule has 0 radical (unpaired) electrons. The number of halogens is 3. The summed E-state index contributed by atoms with van der Waals surface area (Å²) < 4.78 is 0. The predicted octanol–water partition coefficient (Wildman–Crippen LogP) is 4.96. The summed E-state index contributed by atoms with van der Waals surface area (Å²) >= 11 is 19.1. The second-order valence-electron chi connectivity index (χ2n) is 4.15. The van der Waals surface area contributed by atoms with E-state index < -0.39 is 0 Å². The number of nitrogens with one attached hydrogen (secondary N) is 1. The van der Waals surface area contributed by atoms with E-state index in [1.807, 2.05) is 6.07 Å². The molecule has 110 valence electrons. The van der Waals surface area contributed by atoms with Crippen molar-refractivity contribution in [1.82, 2.24) is 0 Å². The minimum Gasteiger partial charge on any atom is -0.399 e. The number of anilines is 2. The lowest BCUT2D eigenvalue weighted by Gasteiger charge is -2.08. The third-order valence-corrected chi connectivity index (χ3v) is 4.57. The van der Waals surface area contributed by atoms with Gasteiger partial charge in [-0.3, -0.25) is 4.79 Å². The van der Waals surface area contributed by atoms with Crippen LogP contribution in [0.15, 0.2) is 41.3 Å². The van der Waals surface area contributed by atoms with E-state index in [1.165, 1.54) is 11.8 Å². The molecule has 3 nitrogen and oxygen atoms in total. The molecule has 0 bridgehead atoms. The van der Waals surface area contributed by atoms with Crippen LogP contribution in [0.1, 0.15) is 0 Å². The van der Waals surface area contributed by atoms with E-state index in [9.17, 15) is 4.79 Å². The van der Waals surface area contributed by atoms with Crippen molar-refractivity contribution in [2.45, 2.75) is 4.90 Å². The van der Waals surface area contributed by atoms with Crippen LogP contribution in [0.3, 0.4) is 0 Å². The molecule has 0 saturated heterocycles. The first-order chi connectivity index (χ1) is 9.95. The van der Waals surface area contributed by atoms with Crippen molar-refractivity contribution in [3.63, 3.8) is 0 Å². The maximum Gasteiger partial charge on any atom is 0.234 e. The molecule has 0 aliphatic carbocycles. The summed E-state index contributed by atoms with van der Waals surface area (Å²) in [6.45, 7) is 0. The monoisotopic (exact) mass is 360 g/mol. The number of hydrogen-bond donors (Lipinski definition) is 2. The molecule has 7 heteroatoms. The minimum absolute atomic E-state index is 0.169. The van der Waals surface area contributed by atoms with E-state index in [2.05, 4.69) is 5.32 Å². The van der Waals surface area contributed by atoms with Gasteiger partial charge in [0.25, 0.3) is 0 Å². The number of nitrogen functional groups attached to an aromatic ring is 1. The topological polar surface area (TPSA) is 55.1 Å². The van der Waals surface area contributed by atoms with Crippen molar-refractivity contribution in [3.8, 4) is 0 Å². The molecule has 2 aromatic rings. The van der Waals surface area contributed by atoms with E-state index in [-0.39, 0.29) is 11.7 Å². The van der Waals surface area contributed by atoms with Gasteiger partial charge < -0.3 is 11.1 Å². The smallest absolute Gasteiger partial charge is 0.234 e. The number of nitrogens with two attached hydrogens (primary N) is 1.